The van der Waals surface area contributed by atoms with Crippen LogP contribution in [0.3, 0.4) is 0 Å². The summed E-state index contributed by atoms with van der Waals surface area (Å²) >= 11 is 0. The molecule has 2 heterocycles. The zero-order chi connectivity index (χ0) is 38.4. The fourth-order valence-corrected chi connectivity index (χ4v) is 8.94. The van der Waals surface area contributed by atoms with Gasteiger partial charge in [-0.05, 0) is 104 Å². The van der Waals surface area contributed by atoms with Gasteiger partial charge in [0.05, 0.1) is 16.7 Å². The van der Waals surface area contributed by atoms with Crippen LogP contribution in [0.25, 0.3) is 82.6 Å². The van der Waals surface area contributed by atoms with E-state index < -0.39 is 0 Å². The molecule has 0 bridgehead atoms. The van der Waals surface area contributed by atoms with Crippen LogP contribution < -0.4 is 4.90 Å². The van der Waals surface area contributed by atoms with Crippen LogP contribution in [-0.4, -0.2) is 4.40 Å². The fraction of sp³-hybridized carbons (Fsp3) is 0. The summed E-state index contributed by atoms with van der Waals surface area (Å²) < 4.78 is 2.51. The van der Waals surface area contributed by atoms with Crippen molar-refractivity contribution in [1.82, 2.24) is 4.40 Å². The van der Waals surface area contributed by atoms with Gasteiger partial charge in [-0.3, -0.25) is 0 Å². The Balaban J connectivity index is 1.13. The van der Waals surface area contributed by atoms with E-state index in [0.29, 0.717) is 0 Å². The maximum Gasteiger partial charge on any atom is 0.0626 e. The van der Waals surface area contributed by atoms with Crippen molar-refractivity contribution in [1.29, 1.82) is 0 Å². The van der Waals surface area contributed by atoms with Crippen molar-refractivity contribution in [2.45, 2.75) is 0 Å². The zero-order valence-corrected chi connectivity index (χ0v) is 31.8. The molecule has 11 aromatic rings. The van der Waals surface area contributed by atoms with Crippen molar-refractivity contribution in [3.8, 4) is 44.6 Å². The lowest BCUT2D eigenvalue weighted by atomic mass is 9.94. The van der Waals surface area contributed by atoms with Crippen molar-refractivity contribution in [2.24, 2.45) is 0 Å². The van der Waals surface area contributed by atoms with Gasteiger partial charge < -0.3 is 9.30 Å². The number of benzene rings is 9. The van der Waals surface area contributed by atoms with Crippen molar-refractivity contribution in [2.75, 3.05) is 4.90 Å². The van der Waals surface area contributed by atoms with E-state index in [1.54, 1.807) is 0 Å². The average molecular weight is 739 g/mol. The molecular formula is C56H38N2. The van der Waals surface area contributed by atoms with E-state index in [1.807, 2.05) is 0 Å². The highest BCUT2D eigenvalue weighted by Gasteiger charge is 2.22. The van der Waals surface area contributed by atoms with Crippen molar-refractivity contribution < 1.29 is 0 Å². The zero-order valence-electron chi connectivity index (χ0n) is 31.8. The minimum atomic E-state index is 1.09. The van der Waals surface area contributed by atoms with Crippen LogP contribution >= 0.6 is 0 Å². The highest BCUT2D eigenvalue weighted by Crippen LogP contribution is 2.46. The number of para-hydroxylation sites is 1. The molecule has 0 N–H and O–H groups in total. The van der Waals surface area contributed by atoms with Gasteiger partial charge in [-0.25, -0.2) is 0 Å². The number of nitrogens with zero attached hydrogens (tertiary/aromatic N) is 2. The molecule has 0 aliphatic rings. The molecule has 0 saturated carbocycles. The van der Waals surface area contributed by atoms with Gasteiger partial charge in [0.1, 0.15) is 0 Å². The molecule has 0 saturated heterocycles. The fourth-order valence-electron chi connectivity index (χ4n) is 8.94. The predicted molar refractivity (Wildman–Crippen MR) is 246 cm³/mol. The van der Waals surface area contributed by atoms with Crippen LogP contribution in [0.2, 0.25) is 0 Å². The lowest BCUT2D eigenvalue weighted by Gasteiger charge is -2.27. The second kappa shape index (κ2) is 14.1. The van der Waals surface area contributed by atoms with Gasteiger partial charge >= 0.3 is 0 Å². The van der Waals surface area contributed by atoms with Crippen molar-refractivity contribution in [3.63, 3.8) is 0 Å². The summed E-state index contributed by atoms with van der Waals surface area (Å²) in [6, 6.07) is 83.5. The van der Waals surface area contributed by atoms with Crippen LogP contribution in [0.4, 0.5) is 17.1 Å². The molecule has 0 spiro atoms. The molecule has 0 aliphatic heterocycles. The third-order valence-corrected chi connectivity index (χ3v) is 11.5. The second-order valence-corrected chi connectivity index (χ2v) is 14.9. The molecular weight excluding hydrogens is 701 g/mol. The molecule has 272 valence electrons. The van der Waals surface area contributed by atoms with Crippen molar-refractivity contribution in [3.05, 3.63) is 231 Å². The van der Waals surface area contributed by atoms with Crippen molar-refractivity contribution >= 4 is 55.0 Å². The van der Waals surface area contributed by atoms with Crippen LogP contribution in [0.5, 0.6) is 0 Å². The third-order valence-electron chi connectivity index (χ3n) is 11.5. The Bertz CT molecular complexity index is 3180. The third kappa shape index (κ3) is 5.66. The number of rotatable bonds is 7. The molecule has 0 atom stereocenters. The maximum atomic E-state index is 2.51. The van der Waals surface area contributed by atoms with Gasteiger partial charge in [0, 0.05) is 33.4 Å². The largest absolute Gasteiger partial charge is 0.310 e. The smallest absolute Gasteiger partial charge is 0.0626 e. The standard InChI is InChI=1S/C56H38N2/c1-5-18-39(19-6-1)43-36-44(40-20-7-2-8-21-40)38-47(37-43)57(45-24-11-4-12-25-45)46-34-32-41(33-35-46)52-30-17-31-53-54(42-22-9-3-10-23-42)55-50-28-15-13-26-48(50)49-27-14-16-29-51(49)56(55)58(52)53/h1-38H. The number of fused-ring (bicyclic) bond motifs is 8. The molecule has 0 fully saturated rings. The Morgan fingerprint density at radius 1 is 0.293 bits per heavy atom. The summed E-state index contributed by atoms with van der Waals surface area (Å²) in [6.07, 6.45) is 0. The summed E-state index contributed by atoms with van der Waals surface area (Å²) in [5, 5.41) is 6.34. The van der Waals surface area contributed by atoms with E-state index in [-0.39, 0.29) is 0 Å². The van der Waals surface area contributed by atoms with E-state index >= 15 is 0 Å². The summed E-state index contributed by atoms with van der Waals surface area (Å²) in [5.74, 6) is 0. The van der Waals surface area contributed by atoms with Gasteiger partial charge in [0.25, 0.3) is 0 Å². The predicted octanol–water partition coefficient (Wildman–Crippen LogP) is 15.5. The summed E-state index contributed by atoms with van der Waals surface area (Å²) in [7, 11) is 0. The first kappa shape index (κ1) is 33.6. The highest BCUT2D eigenvalue weighted by molar-refractivity contribution is 6.30. The van der Waals surface area contributed by atoms with E-state index in [4.69, 9.17) is 0 Å². The van der Waals surface area contributed by atoms with E-state index in [9.17, 15) is 0 Å². The lowest BCUT2D eigenvalue weighted by Crippen LogP contribution is -2.10. The number of hydrogen-bond acceptors (Lipinski definition) is 1. The quantitative estimate of drug-likeness (QED) is 0.148. The first-order chi connectivity index (χ1) is 28.8. The number of hydrogen-bond donors (Lipinski definition) is 0. The minimum absolute atomic E-state index is 1.09. The molecule has 0 unspecified atom stereocenters. The van der Waals surface area contributed by atoms with Crippen LogP contribution in [0.15, 0.2) is 231 Å². The molecule has 58 heavy (non-hydrogen) atoms. The maximum absolute atomic E-state index is 2.51. The molecule has 0 amide bonds. The molecule has 0 aliphatic carbocycles. The SMILES string of the molecule is c1ccc(-c2cc(-c3ccccc3)cc(N(c3ccccc3)c3ccc(-c4cccc5c(-c6ccccc6)c6c7ccccc7c7ccccc7c6n45)cc3)c2)cc1. The van der Waals surface area contributed by atoms with E-state index in [1.165, 1.54) is 71.3 Å². The Hall–Kier alpha value is -7.68. The molecule has 2 heteroatoms. The average Bonchev–Trinajstić information content (AvgIpc) is 3.67. The Labute approximate surface area is 338 Å². The van der Waals surface area contributed by atoms with Gasteiger partial charge in [-0.15, -0.1) is 0 Å². The van der Waals surface area contributed by atoms with Crippen LogP contribution in [0.1, 0.15) is 0 Å². The molecule has 2 aromatic heterocycles. The van der Waals surface area contributed by atoms with E-state index in [0.717, 1.165) is 28.3 Å². The Morgan fingerprint density at radius 2 is 0.776 bits per heavy atom. The van der Waals surface area contributed by atoms with Crippen LogP contribution in [-0.2, 0) is 0 Å². The van der Waals surface area contributed by atoms with Crippen LogP contribution in [0, 0.1) is 0 Å². The first-order valence-electron chi connectivity index (χ1n) is 19.9. The Kier molecular flexibility index (Phi) is 8.19. The summed E-state index contributed by atoms with van der Waals surface area (Å²) in [4.78, 5) is 2.38. The van der Waals surface area contributed by atoms with E-state index in [2.05, 4.69) is 240 Å². The molecule has 0 radical (unpaired) electrons. The lowest BCUT2D eigenvalue weighted by molar-refractivity contribution is 1.25. The highest BCUT2D eigenvalue weighted by atomic mass is 15.1. The molecule has 9 aromatic carbocycles. The Morgan fingerprint density at radius 3 is 1.38 bits per heavy atom. The number of pyridine rings is 1. The summed E-state index contributed by atoms with van der Waals surface area (Å²) in [6.45, 7) is 0. The number of aromatic nitrogens is 1. The second-order valence-electron chi connectivity index (χ2n) is 14.9. The molecule has 11 rings (SSSR count). The van der Waals surface area contributed by atoms with Gasteiger partial charge in [0.2, 0.25) is 0 Å². The summed E-state index contributed by atoms with van der Waals surface area (Å²) in [5.41, 5.74) is 15.2. The van der Waals surface area contributed by atoms with Gasteiger partial charge in [0.15, 0.2) is 0 Å². The van der Waals surface area contributed by atoms with Gasteiger partial charge in [-0.1, -0.05) is 176 Å². The normalized spacial score (nSPS) is 11.4. The van der Waals surface area contributed by atoms with Gasteiger partial charge in [-0.2, -0.15) is 0 Å². The molecule has 2 nitrogen and oxygen atoms in total. The topological polar surface area (TPSA) is 7.65 Å². The monoisotopic (exact) mass is 738 g/mol. The minimum Gasteiger partial charge on any atom is -0.310 e. The first-order valence-corrected chi connectivity index (χ1v) is 19.9. The number of anilines is 3.